The summed E-state index contributed by atoms with van der Waals surface area (Å²) < 4.78 is 37.5. The summed E-state index contributed by atoms with van der Waals surface area (Å²) >= 11 is -0.250. The standard InChI is InChI=1S/C21H17F3N4O2S/c1-25-14-2-7-17-13(8-9-26-18(17)10-14)11-27-12-19(29)28(20(27)30)15-3-5-16(6-4-15)31-21(22,23)24/h2-10,25H,11-12H2,1H3. The highest BCUT2D eigenvalue weighted by Crippen LogP contribution is 2.37. The number of anilines is 2. The Morgan fingerprint density at radius 2 is 1.84 bits per heavy atom. The summed E-state index contributed by atoms with van der Waals surface area (Å²) in [7, 11) is 1.81. The van der Waals surface area contributed by atoms with Crippen molar-refractivity contribution in [3.05, 3.63) is 60.3 Å². The Balaban J connectivity index is 1.54. The number of halogens is 3. The Hall–Kier alpha value is -3.27. The van der Waals surface area contributed by atoms with Crippen LogP contribution < -0.4 is 10.2 Å². The van der Waals surface area contributed by atoms with Crippen LogP contribution in [-0.4, -0.2) is 40.9 Å². The zero-order valence-electron chi connectivity index (χ0n) is 16.3. The number of alkyl halides is 3. The Bertz CT molecular complexity index is 1150. The minimum atomic E-state index is -4.40. The maximum atomic E-state index is 12.9. The van der Waals surface area contributed by atoms with Crippen molar-refractivity contribution in [2.75, 3.05) is 23.8 Å². The number of urea groups is 1. The van der Waals surface area contributed by atoms with Crippen LogP contribution in [0.4, 0.5) is 29.3 Å². The first-order valence-electron chi connectivity index (χ1n) is 9.28. The van der Waals surface area contributed by atoms with E-state index in [-0.39, 0.29) is 35.4 Å². The number of fused-ring (bicyclic) bond motifs is 1. The van der Waals surface area contributed by atoms with Crippen molar-refractivity contribution in [1.82, 2.24) is 9.88 Å². The lowest BCUT2D eigenvalue weighted by Gasteiger charge is -2.18. The number of amides is 3. The average Bonchev–Trinajstić information content (AvgIpc) is 3.00. The fraction of sp³-hybridized carbons (Fsp3) is 0.190. The van der Waals surface area contributed by atoms with Gasteiger partial charge in [0.25, 0.3) is 5.91 Å². The van der Waals surface area contributed by atoms with Crippen LogP contribution in [0.25, 0.3) is 10.9 Å². The van der Waals surface area contributed by atoms with Crippen molar-refractivity contribution in [2.24, 2.45) is 0 Å². The molecule has 3 amide bonds. The third-order valence-corrected chi connectivity index (χ3v) is 5.59. The second-order valence-electron chi connectivity index (χ2n) is 6.86. The van der Waals surface area contributed by atoms with E-state index in [1.54, 1.807) is 12.3 Å². The maximum Gasteiger partial charge on any atom is 0.446 e. The molecule has 0 bridgehead atoms. The van der Waals surface area contributed by atoms with Crippen molar-refractivity contribution >= 4 is 46.0 Å². The molecular weight excluding hydrogens is 429 g/mol. The summed E-state index contributed by atoms with van der Waals surface area (Å²) in [6.07, 6.45) is 1.65. The summed E-state index contributed by atoms with van der Waals surface area (Å²) in [4.78, 5) is 32.1. The third kappa shape index (κ3) is 4.43. The van der Waals surface area contributed by atoms with Gasteiger partial charge >= 0.3 is 11.5 Å². The van der Waals surface area contributed by atoms with E-state index in [9.17, 15) is 22.8 Å². The Morgan fingerprint density at radius 1 is 1.10 bits per heavy atom. The van der Waals surface area contributed by atoms with Gasteiger partial charge < -0.3 is 10.2 Å². The van der Waals surface area contributed by atoms with Crippen LogP contribution in [0.3, 0.4) is 0 Å². The lowest BCUT2D eigenvalue weighted by Crippen LogP contribution is -2.32. The minimum Gasteiger partial charge on any atom is -0.388 e. The summed E-state index contributed by atoms with van der Waals surface area (Å²) in [6, 6.07) is 12.1. The fourth-order valence-electron chi connectivity index (χ4n) is 3.43. The number of hydrogen-bond donors (Lipinski definition) is 1. The highest BCUT2D eigenvalue weighted by Gasteiger charge is 2.37. The van der Waals surface area contributed by atoms with Crippen LogP contribution in [0.2, 0.25) is 0 Å². The van der Waals surface area contributed by atoms with Gasteiger partial charge in [-0.3, -0.25) is 9.78 Å². The van der Waals surface area contributed by atoms with E-state index >= 15 is 0 Å². The first-order chi connectivity index (χ1) is 14.7. The quantitative estimate of drug-likeness (QED) is 0.448. The molecule has 0 unspecified atom stereocenters. The van der Waals surface area contributed by atoms with Crippen molar-refractivity contribution in [1.29, 1.82) is 0 Å². The van der Waals surface area contributed by atoms with Gasteiger partial charge in [0.1, 0.15) is 6.54 Å². The highest BCUT2D eigenvalue weighted by molar-refractivity contribution is 8.00. The van der Waals surface area contributed by atoms with Gasteiger partial charge in [-0.15, -0.1) is 0 Å². The molecule has 1 aliphatic rings. The minimum absolute atomic E-state index is 0.0172. The van der Waals surface area contributed by atoms with Gasteiger partial charge in [0.05, 0.1) is 11.2 Å². The van der Waals surface area contributed by atoms with Crippen molar-refractivity contribution in [3.63, 3.8) is 0 Å². The van der Waals surface area contributed by atoms with Gasteiger partial charge in [-0.25, -0.2) is 9.69 Å². The number of nitrogens with one attached hydrogen (secondary N) is 1. The molecule has 1 saturated heterocycles. The highest BCUT2D eigenvalue weighted by atomic mass is 32.2. The summed E-state index contributed by atoms with van der Waals surface area (Å²) in [6.45, 7) is 0.0945. The average molecular weight is 446 g/mol. The molecule has 0 radical (unpaired) electrons. The van der Waals surface area contributed by atoms with E-state index in [0.29, 0.717) is 0 Å². The lowest BCUT2D eigenvalue weighted by atomic mass is 10.1. The third-order valence-electron chi connectivity index (χ3n) is 4.85. The number of rotatable bonds is 5. The van der Waals surface area contributed by atoms with Gasteiger partial charge in [-0.05, 0) is 59.8 Å². The predicted octanol–water partition coefficient (Wildman–Crippen LogP) is 4.86. The second-order valence-corrected chi connectivity index (χ2v) is 8.00. The SMILES string of the molecule is CNc1ccc2c(CN3CC(=O)N(c4ccc(SC(F)(F)F)cc4)C3=O)ccnc2c1. The van der Waals surface area contributed by atoms with Crippen LogP contribution in [0.15, 0.2) is 59.6 Å². The Morgan fingerprint density at radius 3 is 2.52 bits per heavy atom. The molecule has 1 fully saturated rings. The molecule has 1 N–H and O–H groups in total. The van der Waals surface area contributed by atoms with Crippen molar-refractivity contribution in [3.8, 4) is 0 Å². The van der Waals surface area contributed by atoms with Crippen molar-refractivity contribution < 1.29 is 22.8 Å². The number of carbonyl (C=O) groups is 2. The molecule has 31 heavy (non-hydrogen) atoms. The van der Waals surface area contributed by atoms with Gasteiger partial charge in [0, 0.05) is 35.8 Å². The van der Waals surface area contributed by atoms with Crippen LogP contribution in [0.5, 0.6) is 0 Å². The molecular formula is C21H17F3N4O2S. The van der Waals surface area contributed by atoms with E-state index in [2.05, 4.69) is 10.3 Å². The van der Waals surface area contributed by atoms with E-state index in [0.717, 1.165) is 27.1 Å². The number of carbonyl (C=O) groups excluding carboxylic acids is 2. The van der Waals surface area contributed by atoms with Gasteiger partial charge in [0.15, 0.2) is 0 Å². The molecule has 2 heterocycles. The molecule has 3 aromatic rings. The summed E-state index contributed by atoms with van der Waals surface area (Å²) in [5, 5.41) is 3.91. The van der Waals surface area contributed by atoms with Crippen LogP contribution in [-0.2, 0) is 11.3 Å². The maximum absolute atomic E-state index is 12.9. The molecule has 0 atom stereocenters. The fourth-order valence-corrected chi connectivity index (χ4v) is 3.97. The molecule has 0 aliphatic carbocycles. The number of nitrogens with zero attached hydrogens (tertiary/aromatic N) is 3. The van der Waals surface area contributed by atoms with E-state index in [1.165, 1.54) is 29.2 Å². The topological polar surface area (TPSA) is 65.5 Å². The first-order valence-corrected chi connectivity index (χ1v) is 10.1. The number of imide groups is 1. The van der Waals surface area contributed by atoms with Gasteiger partial charge in [0.2, 0.25) is 0 Å². The number of thioether (sulfide) groups is 1. The van der Waals surface area contributed by atoms with Crippen LogP contribution >= 0.6 is 11.8 Å². The number of aromatic nitrogens is 1. The second kappa shape index (κ2) is 8.10. The van der Waals surface area contributed by atoms with E-state index < -0.39 is 17.4 Å². The van der Waals surface area contributed by atoms with Crippen LogP contribution in [0.1, 0.15) is 5.56 Å². The molecule has 4 rings (SSSR count). The zero-order chi connectivity index (χ0) is 22.2. The Labute approximate surface area is 180 Å². The predicted molar refractivity (Wildman–Crippen MR) is 113 cm³/mol. The van der Waals surface area contributed by atoms with Gasteiger partial charge in [-0.2, -0.15) is 13.2 Å². The normalized spacial score (nSPS) is 14.6. The molecule has 6 nitrogen and oxygen atoms in total. The van der Waals surface area contributed by atoms with Crippen molar-refractivity contribution in [2.45, 2.75) is 16.9 Å². The van der Waals surface area contributed by atoms with E-state index in [4.69, 9.17) is 0 Å². The molecule has 1 aromatic heterocycles. The van der Waals surface area contributed by atoms with Crippen LogP contribution in [0, 0.1) is 0 Å². The molecule has 0 saturated carbocycles. The largest absolute Gasteiger partial charge is 0.446 e. The summed E-state index contributed by atoms with van der Waals surface area (Å²) in [5.74, 6) is -0.433. The lowest BCUT2D eigenvalue weighted by molar-refractivity contribution is -0.116. The smallest absolute Gasteiger partial charge is 0.388 e. The number of hydrogen-bond acceptors (Lipinski definition) is 5. The first kappa shape index (κ1) is 21.0. The zero-order valence-corrected chi connectivity index (χ0v) is 17.1. The summed E-state index contributed by atoms with van der Waals surface area (Å²) in [5.41, 5.74) is -1.66. The monoisotopic (exact) mass is 446 g/mol. The number of pyridine rings is 1. The molecule has 10 heteroatoms. The molecule has 0 spiro atoms. The van der Waals surface area contributed by atoms with Gasteiger partial charge in [-0.1, -0.05) is 6.07 Å². The Kier molecular flexibility index (Phi) is 5.48. The molecule has 2 aromatic carbocycles. The molecule has 1 aliphatic heterocycles. The van der Waals surface area contributed by atoms with E-state index in [1.807, 2.05) is 25.2 Å². The molecule has 160 valence electrons. The number of benzene rings is 2.